The normalized spacial score (nSPS) is 20.4. The summed E-state index contributed by atoms with van der Waals surface area (Å²) in [6, 6.07) is 6.87. The van der Waals surface area contributed by atoms with Gasteiger partial charge in [0, 0.05) is 56.3 Å². The first-order valence-electron chi connectivity index (χ1n) is 11.3. The Morgan fingerprint density at radius 3 is 2.44 bits per heavy atom. The minimum absolute atomic E-state index is 0.0809. The second kappa shape index (κ2) is 9.39. The van der Waals surface area contributed by atoms with Gasteiger partial charge in [-0.3, -0.25) is 14.4 Å². The minimum Gasteiger partial charge on any atom is -0.496 e. The molecule has 0 saturated heterocycles. The summed E-state index contributed by atoms with van der Waals surface area (Å²) in [6.45, 7) is 1.78. The largest absolute Gasteiger partial charge is 0.496 e. The van der Waals surface area contributed by atoms with Gasteiger partial charge in [-0.2, -0.15) is 0 Å². The van der Waals surface area contributed by atoms with Crippen LogP contribution in [0.4, 0.5) is 11.4 Å². The number of carbonyl (C=O) groups excluding carboxylic acids is 3. The molecular formula is C26H28ClN3O6. The summed E-state index contributed by atoms with van der Waals surface area (Å²) in [5, 5.41) is 5.98. The van der Waals surface area contributed by atoms with Gasteiger partial charge in [0.05, 0.1) is 19.8 Å². The van der Waals surface area contributed by atoms with Gasteiger partial charge in [-0.25, -0.2) is 0 Å². The molecule has 36 heavy (non-hydrogen) atoms. The average molecular weight is 514 g/mol. The Labute approximate surface area is 214 Å². The number of hydrogen-bond donors (Lipinski definition) is 2. The zero-order valence-electron chi connectivity index (χ0n) is 20.9. The van der Waals surface area contributed by atoms with Crippen LogP contribution in [-0.4, -0.2) is 58.4 Å². The molecule has 1 aliphatic carbocycles. The quantitative estimate of drug-likeness (QED) is 0.563. The summed E-state index contributed by atoms with van der Waals surface area (Å²) >= 11 is 6.44. The Morgan fingerprint density at radius 1 is 1.17 bits per heavy atom. The Kier molecular flexibility index (Phi) is 6.62. The summed E-state index contributed by atoms with van der Waals surface area (Å²) < 4.78 is 16.7. The molecule has 0 unspecified atom stereocenters. The van der Waals surface area contributed by atoms with Gasteiger partial charge in [-0.05, 0) is 24.6 Å². The van der Waals surface area contributed by atoms with Gasteiger partial charge in [-0.1, -0.05) is 18.5 Å². The molecule has 1 heterocycles. The maximum Gasteiger partial charge on any atom is 0.253 e. The van der Waals surface area contributed by atoms with E-state index in [1.54, 1.807) is 20.0 Å². The van der Waals surface area contributed by atoms with E-state index in [4.69, 9.17) is 25.8 Å². The number of fused-ring (bicyclic) bond motifs is 1. The molecule has 2 N–H and O–H groups in total. The lowest BCUT2D eigenvalue weighted by molar-refractivity contribution is -0.129. The number of anilines is 2. The Bertz CT molecular complexity index is 1310. The molecule has 0 bridgehead atoms. The van der Waals surface area contributed by atoms with Gasteiger partial charge in [0.15, 0.2) is 5.75 Å². The van der Waals surface area contributed by atoms with Gasteiger partial charge in [0.1, 0.15) is 22.1 Å². The highest BCUT2D eigenvalue weighted by Crippen LogP contribution is 2.53. The summed E-state index contributed by atoms with van der Waals surface area (Å²) in [4.78, 5) is 41.4. The fourth-order valence-corrected chi connectivity index (χ4v) is 4.99. The maximum absolute atomic E-state index is 13.6. The van der Waals surface area contributed by atoms with Gasteiger partial charge in [0.25, 0.3) is 5.91 Å². The number of halogens is 1. The number of methoxy groups -OCH3 is 2. The number of nitrogens with zero attached hydrogens (tertiary/aromatic N) is 1. The van der Waals surface area contributed by atoms with E-state index in [0.717, 1.165) is 5.69 Å². The van der Waals surface area contributed by atoms with Crippen LogP contribution in [0.15, 0.2) is 36.0 Å². The van der Waals surface area contributed by atoms with Crippen LogP contribution in [0.1, 0.15) is 34.1 Å². The van der Waals surface area contributed by atoms with Crippen molar-refractivity contribution in [3.8, 4) is 17.2 Å². The number of amides is 1. The Balaban J connectivity index is 1.68. The summed E-state index contributed by atoms with van der Waals surface area (Å²) in [7, 11) is 8.13. The van der Waals surface area contributed by atoms with Crippen LogP contribution in [-0.2, 0) is 4.79 Å². The Hall–Kier alpha value is -3.72. The van der Waals surface area contributed by atoms with E-state index in [9.17, 15) is 14.4 Å². The molecule has 2 aliphatic rings. The van der Waals surface area contributed by atoms with Crippen molar-refractivity contribution in [1.82, 2.24) is 5.32 Å². The molecule has 9 nitrogen and oxygen atoms in total. The molecule has 2 aromatic rings. The van der Waals surface area contributed by atoms with Gasteiger partial charge in [-0.15, -0.1) is 0 Å². The van der Waals surface area contributed by atoms with Gasteiger partial charge < -0.3 is 29.7 Å². The fourth-order valence-electron chi connectivity index (χ4n) is 4.72. The third-order valence-corrected chi connectivity index (χ3v) is 6.92. The number of Topliss-reactive ketones (excluding diaryl/α,β-unsaturated/α-hetero) is 1. The van der Waals surface area contributed by atoms with Crippen molar-refractivity contribution in [1.29, 1.82) is 0 Å². The summed E-state index contributed by atoms with van der Waals surface area (Å²) in [6.07, 6.45) is 1.72. The van der Waals surface area contributed by atoms with E-state index in [2.05, 4.69) is 10.6 Å². The lowest BCUT2D eigenvalue weighted by Gasteiger charge is -2.35. The van der Waals surface area contributed by atoms with E-state index >= 15 is 0 Å². The van der Waals surface area contributed by atoms with Crippen molar-refractivity contribution in [2.75, 3.05) is 45.6 Å². The number of benzene rings is 2. The molecular weight excluding hydrogens is 486 g/mol. The third kappa shape index (κ3) is 3.83. The van der Waals surface area contributed by atoms with Gasteiger partial charge in [0.2, 0.25) is 17.2 Å². The highest BCUT2D eigenvalue weighted by atomic mass is 35.5. The zero-order chi connectivity index (χ0) is 26.4. The molecule has 10 heteroatoms. The topological polar surface area (TPSA) is 106 Å². The van der Waals surface area contributed by atoms with Crippen molar-refractivity contribution >= 4 is 40.4 Å². The van der Waals surface area contributed by atoms with E-state index in [0.29, 0.717) is 23.4 Å². The maximum atomic E-state index is 13.6. The number of allylic oxidation sites excluding steroid dienone is 1. The molecule has 2 atom stereocenters. The van der Waals surface area contributed by atoms with Crippen molar-refractivity contribution in [3.05, 3.63) is 52.2 Å². The predicted molar refractivity (Wildman–Crippen MR) is 137 cm³/mol. The molecule has 1 spiro atoms. The number of nitrogens with one attached hydrogen (secondary N) is 2. The molecule has 1 amide bonds. The third-order valence-electron chi connectivity index (χ3n) is 6.56. The predicted octanol–water partition coefficient (Wildman–Crippen LogP) is 3.70. The van der Waals surface area contributed by atoms with Crippen LogP contribution in [0.2, 0.25) is 5.02 Å². The van der Waals surface area contributed by atoms with Gasteiger partial charge >= 0.3 is 0 Å². The average Bonchev–Trinajstić information content (AvgIpc) is 3.17. The first-order valence-corrected chi connectivity index (χ1v) is 11.7. The first kappa shape index (κ1) is 25.4. The number of ketones is 2. The van der Waals surface area contributed by atoms with Crippen LogP contribution in [0.3, 0.4) is 0 Å². The molecule has 0 radical (unpaired) electrons. The molecule has 190 valence electrons. The monoisotopic (exact) mass is 513 g/mol. The molecule has 0 fully saturated rings. The lowest BCUT2D eigenvalue weighted by Crippen LogP contribution is -2.55. The highest BCUT2D eigenvalue weighted by Gasteiger charge is 2.60. The fraction of sp³-hybridized carbons (Fsp3) is 0.346. The minimum atomic E-state index is -1.75. The SMILES string of the molecule is CNC(=O)c1cc(NC2=CC(=O)[C@@]3(Oc4c(Cl)c(OC)cc(OC)c4C3=O)[C@H](C)C2)ccc1N(C)C. The number of carbonyl (C=O) groups is 3. The highest BCUT2D eigenvalue weighted by molar-refractivity contribution is 6.36. The van der Waals surface area contributed by atoms with Crippen LogP contribution >= 0.6 is 11.6 Å². The molecule has 4 rings (SSSR count). The zero-order valence-corrected chi connectivity index (χ0v) is 21.7. The van der Waals surface area contributed by atoms with E-state index < -0.39 is 23.1 Å². The van der Waals surface area contributed by atoms with E-state index in [1.165, 1.54) is 26.4 Å². The number of ether oxygens (including phenoxy) is 3. The summed E-state index contributed by atoms with van der Waals surface area (Å²) in [5.74, 6) is -1.17. The van der Waals surface area contributed by atoms with Crippen LogP contribution < -0.4 is 29.7 Å². The van der Waals surface area contributed by atoms with E-state index in [-0.39, 0.29) is 33.7 Å². The van der Waals surface area contributed by atoms with Crippen molar-refractivity contribution in [2.45, 2.75) is 18.9 Å². The molecule has 1 aliphatic heterocycles. The van der Waals surface area contributed by atoms with E-state index in [1.807, 2.05) is 31.1 Å². The van der Waals surface area contributed by atoms with Crippen molar-refractivity contribution < 1.29 is 28.6 Å². The van der Waals surface area contributed by atoms with Crippen LogP contribution in [0.25, 0.3) is 0 Å². The smallest absolute Gasteiger partial charge is 0.253 e. The molecule has 2 aromatic carbocycles. The number of hydrogen-bond acceptors (Lipinski definition) is 8. The van der Waals surface area contributed by atoms with Crippen molar-refractivity contribution in [2.24, 2.45) is 5.92 Å². The molecule has 0 saturated carbocycles. The first-order chi connectivity index (χ1) is 17.1. The van der Waals surface area contributed by atoms with Crippen LogP contribution in [0.5, 0.6) is 17.2 Å². The lowest BCUT2D eigenvalue weighted by atomic mass is 9.74. The number of rotatable bonds is 6. The standard InChI is InChI=1S/C26H28ClN3O6/c1-13-9-15(29-14-7-8-17(30(3)4)16(10-14)25(33)28-2)11-20(31)26(13)24(32)21-18(34-5)12-19(35-6)22(27)23(21)36-26/h7-8,10-13,29H,9H2,1-6H3,(H,28,33)/t13-,26+/m1/s1. The summed E-state index contributed by atoms with van der Waals surface area (Å²) in [5.41, 5.74) is 0.853. The Morgan fingerprint density at radius 2 is 1.86 bits per heavy atom. The second-order valence-corrected chi connectivity index (χ2v) is 9.31. The van der Waals surface area contributed by atoms with Crippen molar-refractivity contribution in [3.63, 3.8) is 0 Å². The molecule has 0 aromatic heterocycles. The van der Waals surface area contributed by atoms with Crippen LogP contribution in [0, 0.1) is 5.92 Å². The second-order valence-electron chi connectivity index (χ2n) is 8.94.